The number of likely N-dealkylation sites (N-methyl/N-ethyl adjacent to an activating group) is 1. The van der Waals surface area contributed by atoms with Gasteiger partial charge in [0.05, 0.1) is 31.0 Å². The molecule has 4 N–H and O–H groups in total. The summed E-state index contributed by atoms with van der Waals surface area (Å²) in [7, 11) is 3.41. The molecule has 0 saturated heterocycles. The van der Waals surface area contributed by atoms with Crippen molar-refractivity contribution in [2.75, 3.05) is 44.5 Å². The van der Waals surface area contributed by atoms with E-state index in [-0.39, 0.29) is 30.6 Å². The molecule has 0 spiro atoms. The van der Waals surface area contributed by atoms with Crippen molar-refractivity contribution in [3.8, 4) is 11.5 Å². The predicted molar refractivity (Wildman–Crippen MR) is 127 cm³/mol. The minimum Gasteiger partial charge on any atom is -0.497 e. The molecule has 178 valence electrons. The summed E-state index contributed by atoms with van der Waals surface area (Å²) in [5.74, 6) is 0.739. The Bertz CT molecular complexity index is 966. The van der Waals surface area contributed by atoms with Gasteiger partial charge < -0.3 is 35.4 Å². The van der Waals surface area contributed by atoms with Gasteiger partial charge in [0.2, 0.25) is 0 Å². The second-order valence-electron chi connectivity index (χ2n) is 8.17. The Morgan fingerprint density at radius 3 is 2.61 bits per heavy atom. The van der Waals surface area contributed by atoms with Gasteiger partial charge in [-0.05, 0) is 50.4 Å². The molecule has 9 heteroatoms. The molecular weight excluding hydrogens is 424 g/mol. The van der Waals surface area contributed by atoms with Gasteiger partial charge in [0.1, 0.15) is 11.9 Å². The van der Waals surface area contributed by atoms with Crippen LogP contribution in [0.2, 0.25) is 0 Å². The molecule has 3 atom stereocenters. The normalized spacial score (nSPS) is 18.9. The number of hydrogen-bond acceptors (Lipinski definition) is 6. The lowest BCUT2D eigenvalue weighted by atomic mass is 9.99. The van der Waals surface area contributed by atoms with Crippen LogP contribution in [0.3, 0.4) is 0 Å². The first-order chi connectivity index (χ1) is 15.9. The number of rotatable bonds is 7. The standard InChI is InChI=1S/C24H32N4O5/c1-15-13-28(16(2)14-29)23(30)19-6-5-7-20(22(19)33-21(15)12-25-3)27-24(31)26-17-8-10-18(32-4)11-9-17/h5-11,15-16,21,25,29H,12-14H2,1-4H3,(H2,26,27,31)/t15-,16+,21-/m0/s1. The number of methoxy groups -OCH3 is 1. The van der Waals surface area contributed by atoms with E-state index in [9.17, 15) is 14.7 Å². The van der Waals surface area contributed by atoms with E-state index in [1.807, 2.05) is 20.9 Å². The van der Waals surface area contributed by atoms with Crippen molar-refractivity contribution >= 4 is 23.3 Å². The summed E-state index contributed by atoms with van der Waals surface area (Å²) in [6.45, 7) is 4.67. The van der Waals surface area contributed by atoms with E-state index in [2.05, 4.69) is 16.0 Å². The van der Waals surface area contributed by atoms with E-state index >= 15 is 0 Å². The molecule has 3 amide bonds. The molecule has 2 aromatic rings. The van der Waals surface area contributed by atoms with E-state index in [0.29, 0.717) is 41.5 Å². The van der Waals surface area contributed by atoms with E-state index < -0.39 is 6.03 Å². The van der Waals surface area contributed by atoms with Gasteiger partial charge in [0, 0.05) is 24.7 Å². The topological polar surface area (TPSA) is 112 Å². The number of carbonyl (C=O) groups excluding carboxylic acids is 2. The first kappa shape index (κ1) is 24.3. The predicted octanol–water partition coefficient (Wildman–Crippen LogP) is 2.78. The number of nitrogens with one attached hydrogen (secondary N) is 3. The summed E-state index contributed by atoms with van der Waals surface area (Å²) in [5.41, 5.74) is 1.32. The highest BCUT2D eigenvalue weighted by Gasteiger charge is 2.33. The average molecular weight is 457 g/mol. The van der Waals surface area contributed by atoms with Crippen molar-refractivity contribution in [3.63, 3.8) is 0 Å². The molecule has 0 saturated carbocycles. The Morgan fingerprint density at radius 1 is 1.24 bits per heavy atom. The summed E-state index contributed by atoms with van der Waals surface area (Å²) in [5, 5.41) is 18.4. The molecule has 1 heterocycles. The first-order valence-corrected chi connectivity index (χ1v) is 11.0. The fourth-order valence-electron chi connectivity index (χ4n) is 3.75. The minimum absolute atomic E-state index is 0.00951. The third kappa shape index (κ3) is 5.74. The molecule has 0 unspecified atom stereocenters. The molecule has 0 bridgehead atoms. The van der Waals surface area contributed by atoms with Crippen LogP contribution in [0.4, 0.5) is 16.2 Å². The van der Waals surface area contributed by atoms with E-state index in [0.717, 1.165) is 0 Å². The SMILES string of the molecule is CNC[C@@H]1Oc2c(NC(=O)Nc3ccc(OC)cc3)cccc2C(=O)N([C@H](C)CO)C[C@@H]1C. The highest BCUT2D eigenvalue weighted by molar-refractivity contribution is 6.04. The Balaban J connectivity index is 1.91. The number of anilines is 2. The Hall–Kier alpha value is -3.30. The fourth-order valence-corrected chi connectivity index (χ4v) is 3.75. The first-order valence-electron chi connectivity index (χ1n) is 11.0. The van der Waals surface area contributed by atoms with Gasteiger partial charge in [-0.3, -0.25) is 4.79 Å². The van der Waals surface area contributed by atoms with Crippen molar-refractivity contribution < 1.29 is 24.2 Å². The van der Waals surface area contributed by atoms with Crippen LogP contribution in [0.25, 0.3) is 0 Å². The summed E-state index contributed by atoms with van der Waals surface area (Å²) < 4.78 is 11.4. The zero-order valence-corrected chi connectivity index (χ0v) is 19.4. The molecule has 33 heavy (non-hydrogen) atoms. The fraction of sp³-hybridized carbons (Fsp3) is 0.417. The maximum Gasteiger partial charge on any atom is 0.323 e. The smallest absolute Gasteiger partial charge is 0.323 e. The van der Waals surface area contributed by atoms with Gasteiger partial charge in [0.25, 0.3) is 5.91 Å². The Labute approximate surface area is 194 Å². The van der Waals surface area contributed by atoms with Crippen LogP contribution in [-0.2, 0) is 0 Å². The third-order valence-corrected chi connectivity index (χ3v) is 5.69. The maximum atomic E-state index is 13.4. The molecule has 1 aliphatic rings. The molecule has 0 aliphatic carbocycles. The third-order valence-electron chi connectivity index (χ3n) is 5.69. The summed E-state index contributed by atoms with van der Waals surface area (Å²) >= 11 is 0. The van der Waals surface area contributed by atoms with Gasteiger partial charge in [-0.2, -0.15) is 0 Å². The quantitative estimate of drug-likeness (QED) is 0.510. The summed E-state index contributed by atoms with van der Waals surface area (Å²) in [6, 6.07) is 11.2. The number of benzene rings is 2. The van der Waals surface area contributed by atoms with E-state index in [1.54, 1.807) is 54.5 Å². The van der Waals surface area contributed by atoms with Gasteiger partial charge in [-0.15, -0.1) is 0 Å². The van der Waals surface area contributed by atoms with Crippen LogP contribution in [0, 0.1) is 5.92 Å². The van der Waals surface area contributed by atoms with Crippen molar-refractivity contribution in [3.05, 3.63) is 48.0 Å². The van der Waals surface area contributed by atoms with Crippen LogP contribution in [0.5, 0.6) is 11.5 Å². The van der Waals surface area contributed by atoms with Crippen molar-refractivity contribution in [1.82, 2.24) is 10.2 Å². The molecule has 0 aromatic heterocycles. The summed E-state index contributed by atoms with van der Waals surface area (Å²) in [4.78, 5) is 27.7. The molecule has 3 rings (SSSR count). The molecule has 1 aliphatic heterocycles. The molecular formula is C24H32N4O5. The monoisotopic (exact) mass is 456 g/mol. The van der Waals surface area contributed by atoms with Crippen molar-refractivity contribution in [1.29, 1.82) is 0 Å². The second kappa shape index (κ2) is 11.0. The van der Waals surface area contributed by atoms with Gasteiger partial charge >= 0.3 is 6.03 Å². The maximum absolute atomic E-state index is 13.4. The zero-order chi connectivity index (χ0) is 24.0. The highest BCUT2D eigenvalue weighted by atomic mass is 16.5. The van der Waals surface area contributed by atoms with Crippen LogP contribution in [0.1, 0.15) is 24.2 Å². The number of aliphatic hydroxyl groups is 1. The average Bonchev–Trinajstić information content (AvgIpc) is 2.81. The number of hydrogen-bond donors (Lipinski definition) is 4. The van der Waals surface area contributed by atoms with Gasteiger partial charge in [0.15, 0.2) is 5.75 Å². The number of amides is 3. The van der Waals surface area contributed by atoms with Crippen LogP contribution in [-0.4, -0.2) is 67.9 Å². The Morgan fingerprint density at radius 2 is 1.97 bits per heavy atom. The van der Waals surface area contributed by atoms with Gasteiger partial charge in [-0.25, -0.2) is 4.79 Å². The minimum atomic E-state index is -0.467. The number of ether oxygens (including phenoxy) is 2. The number of fused-ring (bicyclic) bond motifs is 1. The van der Waals surface area contributed by atoms with Crippen molar-refractivity contribution in [2.45, 2.75) is 26.0 Å². The molecule has 0 radical (unpaired) electrons. The number of carbonyl (C=O) groups is 2. The van der Waals surface area contributed by atoms with Gasteiger partial charge in [-0.1, -0.05) is 13.0 Å². The van der Waals surface area contributed by atoms with E-state index in [1.165, 1.54) is 0 Å². The number of urea groups is 1. The largest absolute Gasteiger partial charge is 0.497 e. The number of para-hydroxylation sites is 1. The number of nitrogens with zero attached hydrogens (tertiary/aromatic N) is 1. The highest BCUT2D eigenvalue weighted by Crippen LogP contribution is 2.34. The Kier molecular flexibility index (Phi) is 8.13. The summed E-state index contributed by atoms with van der Waals surface area (Å²) in [6.07, 6.45) is -0.247. The number of aliphatic hydroxyl groups excluding tert-OH is 1. The lowest BCUT2D eigenvalue weighted by molar-refractivity contribution is 0.0417. The van der Waals surface area contributed by atoms with Crippen LogP contribution in [0.15, 0.2) is 42.5 Å². The lowest BCUT2D eigenvalue weighted by Crippen LogP contribution is -2.49. The molecule has 9 nitrogen and oxygen atoms in total. The van der Waals surface area contributed by atoms with E-state index in [4.69, 9.17) is 9.47 Å². The van der Waals surface area contributed by atoms with Crippen LogP contribution >= 0.6 is 0 Å². The lowest BCUT2D eigenvalue weighted by Gasteiger charge is -2.37. The second-order valence-corrected chi connectivity index (χ2v) is 8.17. The molecule has 0 fully saturated rings. The molecule has 2 aromatic carbocycles. The zero-order valence-electron chi connectivity index (χ0n) is 19.4. The van der Waals surface area contributed by atoms with Crippen molar-refractivity contribution in [2.24, 2.45) is 5.92 Å². The van der Waals surface area contributed by atoms with Crippen LogP contribution < -0.4 is 25.4 Å².